The molecule has 0 fully saturated rings. The van der Waals surface area contributed by atoms with Crippen molar-refractivity contribution in [3.63, 3.8) is 0 Å². The molecule has 0 radical (unpaired) electrons. The maximum atomic E-state index is 11.4. The molecule has 1 unspecified atom stereocenters. The lowest BCUT2D eigenvalue weighted by Gasteiger charge is -2.20. The van der Waals surface area contributed by atoms with Crippen LogP contribution in [0.25, 0.3) is 6.08 Å². The van der Waals surface area contributed by atoms with Gasteiger partial charge in [0.25, 0.3) is 5.91 Å². The molecule has 2 N–H and O–H groups in total. The molecule has 1 amide bonds. The molecule has 1 aliphatic heterocycles. The van der Waals surface area contributed by atoms with Gasteiger partial charge in [-0.05, 0) is 30.7 Å². The standard InChI is InChI=1S/C20H22N2O3/c1-14(16-9-10-19-17(12-16)22-20(23)13-25-19)21-11-5-7-15-6-3-4-8-18(15)24-2/h3-10,12,14,21H,11,13H2,1-2H3,(H,22,23)/b7-5+. The van der Waals surface area contributed by atoms with Crippen molar-refractivity contribution in [1.29, 1.82) is 0 Å². The molecule has 2 aromatic carbocycles. The van der Waals surface area contributed by atoms with Crippen molar-refractivity contribution in [3.8, 4) is 11.5 Å². The number of amides is 1. The van der Waals surface area contributed by atoms with Gasteiger partial charge >= 0.3 is 0 Å². The second kappa shape index (κ2) is 7.85. The quantitative estimate of drug-likeness (QED) is 0.848. The van der Waals surface area contributed by atoms with E-state index in [1.165, 1.54) is 0 Å². The lowest BCUT2D eigenvalue weighted by atomic mass is 10.1. The number of rotatable bonds is 6. The number of nitrogens with one attached hydrogen (secondary N) is 2. The van der Waals surface area contributed by atoms with Crippen LogP contribution in [0.4, 0.5) is 5.69 Å². The van der Waals surface area contributed by atoms with E-state index in [1.54, 1.807) is 7.11 Å². The molecule has 130 valence electrons. The van der Waals surface area contributed by atoms with E-state index in [0.29, 0.717) is 5.75 Å². The topological polar surface area (TPSA) is 59.6 Å². The van der Waals surface area contributed by atoms with Gasteiger partial charge in [-0.15, -0.1) is 0 Å². The fourth-order valence-corrected chi connectivity index (χ4v) is 2.72. The Morgan fingerprint density at radius 3 is 3.00 bits per heavy atom. The first kappa shape index (κ1) is 17.0. The summed E-state index contributed by atoms with van der Waals surface area (Å²) in [5, 5.41) is 6.28. The monoisotopic (exact) mass is 338 g/mol. The molecular weight excluding hydrogens is 316 g/mol. The molecule has 1 heterocycles. The predicted molar refractivity (Wildman–Crippen MR) is 99.0 cm³/mol. The highest BCUT2D eigenvalue weighted by atomic mass is 16.5. The van der Waals surface area contributed by atoms with Gasteiger partial charge in [0.1, 0.15) is 11.5 Å². The van der Waals surface area contributed by atoms with Crippen molar-refractivity contribution in [2.75, 3.05) is 25.6 Å². The summed E-state index contributed by atoms with van der Waals surface area (Å²) in [5.74, 6) is 1.45. The Morgan fingerprint density at radius 1 is 1.32 bits per heavy atom. The average Bonchev–Trinajstić information content (AvgIpc) is 2.64. The number of para-hydroxylation sites is 1. The first-order chi connectivity index (χ1) is 12.2. The third-order valence-corrected chi connectivity index (χ3v) is 4.11. The van der Waals surface area contributed by atoms with E-state index < -0.39 is 0 Å². The van der Waals surface area contributed by atoms with E-state index >= 15 is 0 Å². The number of carbonyl (C=O) groups is 1. The van der Waals surface area contributed by atoms with Crippen LogP contribution in [-0.4, -0.2) is 26.2 Å². The van der Waals surface area contributed by atoms with Crippen molar-refractivity contribution in [3.05, 3.63) is 59.7 Å². The summed E-state index contributed by atoms with van der Waals surface area (Å²) >= 11 is 0. The molecule has 0 spiro atoms. The summed E-state index contributed by atoms with van der Waals surface area (Å²) in [7, 11) is 1.67. The highest BCUT2D eigenvalue weighted by Gasteiger charge is 2.17. The predicted octanol–water partition coefficient (Wildman–Crippen LogP) is 3.39. The van der Waals surface area contributed by atoms with Gasteiger partial charge in [0, 0.05) is 18.2 Å². The molecule has 2 aromatic rings. The minimum Gasteiger partial charge on any atom is -0.496 e. The maximum absolute atomic E-state index is 11.4. The van der Waals surface area contributed by atoms with Crippen molar-refractivity contribution in [1.82, 2.24) is 5.32 Å². The van der Waals surface area contributed by atoms with Gasteiger partial charge in [-0.3, -0.25) is 4.79 Å². The van der Waals surface area contributed by atoms with E-state index in [9.17, 15) is 4.79 Å². The van der Waals surface area contributed by atoms with Gasteiger partial charge < -0.3 is 20.1 Å². The maximum Gasteiger partial charge on any atom is 0.262 e. The number of carbonyl (C=O) groups excluding carboxylic acids is 1. The van der Waals surface area contributed by atoms with Crippen LogP contribution in [0.15, 0.2) is 48.5 Å². The molecular formula is C20H22N2O3. The molecule has 0 bridgehead atoms. The van der Waals surface area contributed by atoms with Crippen LogP contribution in [0.3, 0.4) is 0 Å². The molecule has 3 rings (SSSR count). The fraction of sp³-hybridized carbons (Fsp3) is 0.250. The average molecular weight is 338 g/mol. The largest absolute Gasteiger partial charge is 0.496 e. The number of ether oxygens (including phenoxy) is 2. The zero-order chi connectivity index (χ0) is 17.6. The van der Waals surface area contributed by atoms with E-state index in [2.05, 4.69) is 23.6 Å². The minimum atomic E-state index is -0.120. The molecule has 1 atom stereocenters. The number of anilines is 1. The second-order valence-electron chi connectivity index (χ2n) is 5.87. The van der Waals surface area contributed by atoms with Crippen molar-refractivity contribution in [2.24, 2.45) is 0 Å². The molecule has 0 saturated heterocycles. The van der Waals surface area contributed by atoms with Crippen LogP contribution < -0.4 is 20.1 Å². The van der Waals surface area contributed by atoms with Gasteiger partial charge in [0.05, 0.1) is 12.8 Å². The van der Waals surface area contributed by atoms with Crippen molar-refractivity contribution >= 4 is 17.7 Å². The van der Waals surface area contributed by atoms with Crippen LogP contribution in [0.5, 0.6) is 11.5 Å². The second-order valence-corrected chi connectivity index (χ2v) is 5.87. The molecule has 0 saturated carbocycles. The van der Waals surface area contributed by atoms with Gasteiger partial charge in [-0.1, -0.05) is 36.4 Å². The van der Waals surface area contributed by atoms with Crippen LogP contribution in [-0.2, 0) is 4.79 Å². The first-order valence-corrected chi connectivity index (χ1v) is 8.27. The van der Waals surface area contributed by atoms with Crippen LogP contribution in [0.1, 0.15) is 24.1 Å². The highest BCUT2D eigenvalue weighted by molar-refractivity contribution is 5.95. The molecule has 0 aliphatic carbocycles. The summed E-state index contributed by atoms with van der Waals surface area (Å²) in [5.41, 5.74) is 2.87. The Balaban J connectivity index is 1.59. The molecule has 1 aliphatic rings. The number of methoxy groups -OCH3 is 1. The third-order valence-electron chi connectivity index (χ3n) is 4.11. The molecule has 5 nitrogen and oxygen atoms in total. The van der Waals surface area contributed by atoms with Gasteiger partial charge in [-0.25, -0.2) is 0 Å². The Bertz CT molecular complexity index is 786. The Hall–Kier alpha value is -2.79. The summed E-state index contributed by atoms with van der Waals surface area (Å²) in [4.78, 5) is 11.4. The Labute approximate surface area is 147 Å². The van der Waals surface area contributed by atoms with E-state index in [4.69, 9.17) is 9.47 Å². The zero-order valence-corrected chi connectivity index (χ0v) is 14.4. The number of benzene rings is 2. The normalized spacial score (nSPS) is 14.6. The van der Waals surface area contributed by atoms with Crippen LogP contribution in [0.2, 0.25) is 0 Å². The van der Waals surface area contributed by atoms with Crippen LogP contribution >= 0.6 is 0 Å². The van der Waals surface area contributed by atoms with Crippen molar-refractivity contribution < 1.29 is 14.3 Å². The van der Waals surface area contributed by atoms with E-state index in [0.717, 1.165) is 29.1 Å². The number of fused-ring (bicyclic) bond motifs is 1. The molecule has 5 heteroatoms. The lowest BCUT2D eigenvalue weighted by Crippen LogP contribution is -2.26. The highest BCUT2D eigenvalue weighted by Crippen LogP contribution is 2.30. The first-order valence-electron chi connectivity index (χ1n) is 8.27. The molecule has 25 heavy (non-hydrogen) atoms. The van der Waals surface area contributed by atoms with Crippen molar-refractivity contribution in [2.45, 2.75) is 13.0 Å². The zero-order valence-electron chi connectivity index (χ0n) is 14.4. The van der Waals surface area contributed by atoms with Gasteiger partial charge in [0.15, 0.2) is 6.61 Å². The van der Waals surface area contributed by atoms with Gasteiger partial charge in [0.2, 0.25) is 0 Å². The van der Waals surface area contributed by atoms with Crippen LogP contribution in [0, 0.1) is 0 Å². The minimum absolute atomic E-state index is 0.0773. The summed E-state index contributed by atoms with van der Waals surface area (Å²) in [6.07, 6.45) is 4.11. The fourth-order valence-electron chi connectivity index (χ4n) is 2.72. The Kier molecular flexibility index (Phi) is 5.36. The summed E-state index contributed by atoms with van der Waals surface area (Å²) < 4.78 is 10.7. The van der Waals surface area contributed by atoms with Gasteiger partial charge in [-0.2, -0.15) is 0 Å². The summed E-state index contributed by atoms with van der Waals surface area (Å²) in [6, 6.07) is 13.9. The lowest BCUT2D eigenvalue weighted by molar-refractivity contribution is -0.118. The molecule has 0 aromatic heterocycles. The third kappa shape index (κ3) is 4.19. The Morgan fingerprint density at radius 2 is 2.16 bits per heavy atom. The number of hydrogen-bond donors (Lipinski definition) is 2. The smallest absolute Gasteiger partial charge is 0.262 e. The summed E-state index contributed by atoms with van der Waals surface area (Å²) in [6.45, 7) is 2.89. The van der Waals surface area contributed by atoms with E-state index in [1.807, 2.05) is 48.5 Å². The SMILES string of the molecule is COc1ccccc1/C=C/CNC(C)c1ccc2c(c1)NC(=O)CO2. The van der Waals surface area contributed by atoms with E-state index in [-0.39, 0.29) is 18.6 Å². The number of hydrogen-bond acceptors (Lipinski definition) is 4.